The van der Waals surface area contributed by atoms with Crippen LogP contribution in [0.5, 0.6) is 0 Å². The van der Waals surface area contributed by atoms with Gasteiger partial charge in [-0.15, -0.1) is 18.2 Å². The van der Waals surface area contributed by atoms with E-state index in [1.54, 1.807) is 13.0 Å². The van der Waals surface area contributed by atoms with E-state index in [2.05, 4.69) is 6.58 Å². The Hall–Kier alpha value is -0.540. The minimum atomic E-state index is -0.353. The van der Waals surface area contributed by atoms with E-state index in [-0.39, 0.29) is 18.0 Å². The largest absolute Gasteiger partial charge is 0.459 e. The first-order valence-corrected chi connectivity index (χ1v) is 4.72. The van der Waals surface area contributed by atoms with Gasteiger partial charge in [0.2, 0.25) is 0 Å². The van der Waals surface area contributed by atoms with E-state index in [1.807, 2.05) is 0 Å². The molecule has 0 fully saturated rings. The zero-order valence-corrected chi connectivity index (χ0v) is 8.55. The summed E-state index contributed by atoms with van der Waals surface area (Å²) < 4.78 is 10.1. The minimum absolute atomic E-state index is 0.253. The molecule has 0 radical (unpaired) electrons. The van der Waals surface area contributed by atoms with Gasteiger partial charge in [-0.2, -0.15) is 0 Å². The maximum Gasteiger partial charge on any atom is 0.305 e. The highest BCUT2D eigenvalue weighted by atomic mass is 35.5. The average Bonchev–Trinajstić information content (AvgIpc) is 2.16. The third-order valence-electron chi connectivity index (χ3n) is 1.30. The number of esters is 1. The molecule has 0 aliphatic carbocycles. The molecule has 4 heteroatoms. The van der Waals surface area contributed by atoms with Crippen LogP contribution in [0.3, 0.4) is 0 Å². The number of ether oxygens (including phenoxy) is 2. The van der Waals surface area contributed by atoms with Crippen LogP contribution in [0.25, 0.3) is 0 Å². The van der Waals surface area contributed by atoms with Crippen molar-refractivity contribution in [2.24, 2.45) is 0 Å². The molecule has 0 spiro atoms. The summed E-state index contributed by atoms with van der Waals surface area (Å²) in [6.45, 7) is 5.99. The van der Waals surface area contributed by atoms with Gasteiger partial charge in [-0.1, -0.05) is 13.0 Å². The SMILES string of the molecule is C=CCOC[C@@H](CCl)OC(=O)CC. The van der Waals surface area contributed by atoms with Crippen LogP contribution in [0, 0.1) is 0 Å². The predicted octanol–water partition coefficient (Wildman–Crippen LogP) is 1.75. The molecule has 3 nitrogen and oxygen atoms in total. The maximum atomic E-state index is 10.9. The third-order valence-corrected chi connectivity index (χ3v) is 1.64. The third kappa shape index (κ3) is 6.61. The van der Waals surface area contributed by atoms with Gasteiger partial charge in [0.05, 0.1) is 19.1 Å². The van der Waals surface area contributed by atoms with Crippen molar-refractivity contribution in [1.29, 1.82) is 0 Å². The summed E-state index contributed by atoms with van der Waals surface area (Å²) >= 11 is 5.56. The van der Waals surface area contributed by atoms with E-state index in [1.165, 1.54) is 0 Å². The summed E-state index contributed by atoms with van der Waals surface area (Å²) in [7, 11) is 0. The summed E-state index contributed by atoms with van der Waals surface area (Å²) in [6.07, 6.45) is 1.64. The standard InChI is InChI=1S/C9H15ClO3/c1-3-5-12-7-8(6-10)13-9(11)4-2/h3,8H,1,4-7H2,2H3/t8-/m1/s1. The van der Waals surface area contributed by atoms with Gasteiger partial charge in [0.15, 0.2) is 0 Å². The number of hydrogen-bond donors (Lipinski definition) is 0. The number of hydrogen-bond acceptors (Lipinski definition) is 3. The molecule has 1 atom stereocenters. The van der Waals surface area contributed by atoms with Gasteiger partial charge in [0.1, 0.15) is 6.10 Å². The fourth-order valence-corrected chi connectivity index (χ4v) is 0.814. The van der Waals surface area contributed by atoms with Crippen molar-refractivity contribution in [3.8, 4) is 0 Å². The molecule has 13 heavy (non-hydrogen) atoms. The Morgan fingerprint density at radius 3 is 2.85 bits per heavy atom. The maximum absolute atomic E-state index is 10.9. The highest BCUT2D eigenvalue weighted by Gasteiger charge is 2.11. The Bertz CT molecular complexity index is 159. The summed E-state index contributed by atoms with van der Waals surface area (Å²) in [6, 6.07) is 0. The second-order valence-electron chi connectivity index (χ2n) is 2.45. The molecule has 0 N–H and O–H groups in total. The van der Waals surface area contributed by atoms with Crippen molar-refractivity contribution in [3.05, 3.63) is 12.7 Å². The van der Waals surface area contributed by atoms with Gasteiger partial charge in [0, 0.05) is 6.42 Å². The van der Waals surface area contributed by atoms with Gasteiger partial charge in [-0.05, 0) is 0 Å². The molecule has 0 aliphatic rings. The molecule has 0 heterocycles. The van der Waals surface area contributed by atoms with Gasteiger partial charge >= 0.3 is 5.97 Å². The lowest BCUT2D eigenvalue weighted by molar-refractivity contribution is -0.150. The number of carbonyl (C=O) groups excluding carboxylic acids is 1. The Morgan fingerprint density at radius 1 is 1.69 bits per heavy atom. The van der Waals surface area contributed by atoms with E-state index in [0.717, 1.165) is 0 Å². The second-order valence-corrected chi connectivity index (χ2v) is 2.75. The first-order chi connectivity index (χ1) is 6.24. The fraction of sp³-hybridized carbons (Fsp3) is 0.667. The van der Waals surface area contributed by atoms with Gasteiger partial charge < -0.3 is 9.47 Å². The summed E-state index contributed by atoms with van der Waals surface area (Å²) in [4.78, 5) is 10.9. The van der Waals surface area contributed by atoms with E-state index in [4.69, 9.17) is 21.1 Å². The highest BCUT2D eigenvalue weighted by molar-refractivity contribution is 6.18. The number of rotatable bonds is 7. The minimum Gasteiger partial charge on any atom is -0.459 e. The molecule has 0 saturated heterocycles. The summed E-state index contributed by atoms with van der Waals surface area (Å²) in [5, 5.41) is 0. The zero-order chi connectivity index (χ0) is 10.1. The van der Waals surface area contributed by atoms with Gasteiger partial charge in [-0.25, -0.2) is 0 Å². The lowest BCUT2D eigenvalue weighted by Crippen LogP contribution is -2.24. The molecule has 0 aromatic heterocycles. The van der Waals surface area contributed by atoms with Crippen molar-refractivity contribution in [3.63, 3.8) is 0 Å². The quantitative estimate of drug-likeness (QED) is 0.276. The fourth-order valence-electron chi connectivity index (χ4n) is 0.662. The number of alkyl halides is 1. The number of halogens is 1. The van der Waals surface area contributed by atoms with Crippen LogP contribution in [0.4, 0.5) is 0 Å². The monoisotopic (exact) mass is 206 g/mol. The van der Waals surface area contributed by atoms with Crippen LogP contribution < -0.4 is 0 Å². The van der Waals surface area contributed by atoms with Crippen LogP contribution in [0.15, 0.2) is 12.7 Å². The van der Waals surface area contributed by atoms with Crippen LogP contribution in [-0.4, -0.2) is 31.2 Å². The summed E-state index contributed by atoms with van der Waals surface area (Å²) in [5.74, 6) is -0.00376. The van der Waals surface area contributed by atoms with Crippen LogP contribution in [0.2, 0.25) is 0 Å². The van der Waals surface area contributed by atoms with Gasteiger partial charge in [-0.3, -0.25) is 4.79 Å². The van der Waals surface area contributed by atoms with E-state index < -0.39 is 0 Å². The molecule has 0 saturated carbocycles. The molecule has 0 aromatic carbocycles. The van der Waals surface area contributed by atoms with Crippen LogP contribution in [-0.2, 0) is 14.3 Å². The molecule has 0 unspecified atom stereocenters. The second kappa shape index (κ2) is 8.08. The smallest absolute Gasteiger partial charge is 0.305 e. The van der Waals surface area contributed by atoms with Gasteiger partial charge in [0.25, 0.3) is 0 Å². The predicted molar refractivity (Wildman–Crippen MR) is 51.9 cm³/mol. The van der Waals surface area contributed by atoms with Crippen molar-refractivity contribution in [1.82, 2.24) is 0 Å². The molecule has 0 rings (SSSR count). The molecular formula is C9H15ClO3. The molecular weight excluding hydrogens is 192 g/mol. The Labute approximate surface area is 83.7 Å². The average molecular weight is 207 g/mol. The first-order valence-electron chi connectivity index (χ1n) is 4.18. The lowest BCUT2D eigenvalue weighted by Gasteiger charge is -2.14. The Kier molecular flexibility index (Phi) is 7.74. The molecule has 0 bridgehead atoms. The zero-order valence-electron chi connectivity index (χ0n) is 7.79. The number of carbonyl (C=O) groups is 1. The molecule has 0 aliphatic heterocycles. The van der Waals surface area contributed by atoms with E-state index in [9.17, 15) is 4.79 Å². The molecule has 0 aromatic rings. The van der Waals surface area contributed by atoms with E-state index >= 15 is 0 Å². The topological polar surface area (TPSA) is 35.5 Å². The lowest BCUT2D eigenvalue weighted by atomic mass is 10.4. The summed E-state index contributed by atoms with van der Waals surface area (Å²) in [5.41, 5.74) is 0. The van der Waals surface area contributed by atoms with Crippen molar-refractivity contribution >= 4 is 17.6 Å². The van der Waals surface area contributed by atoms with Crippen molar-refractivity contribution in [2.45, 2.75) is 19.4 Å². The van der Waals surface area contributed by atoms with Crippen molar-refractivity contribution in [2.75, 3.05) is 19.1 Å². The molecule has 0 amide bonds. The Morgan fingerprint density at radius 2 is 2.38 bits per heavy atom. The van der Waals surface area contributed by atoms with Crippen LogP contribution in [0.1, 0.15) is 13.3 Å². The van der Waals surface area contributed by atoms with Crippen molar-refractivity contribution < 1.29 is 14.3 Å². The normalized spacial score (nSPS) is 12.2. The first kappa shape index (κ1) is 12.5. The molecule has 76 valence electrons. The van der Waals surface area contributed by atoms with Crippen LogP contribution >= 0.6 is 11.6 Å². The Balaban J connectivity index is 3.62. The van der Waals surface area contributed by atoms with E-state index in [0.29, 0.717) is 19.6 Å². The highest BCUT2D eigenvalue weighted by Crippen LogP contribution is 1.99.